The number of piperidine rings is 1. The molecule has 4 heterocycles. The molecule has 1 aliphatic carbocycles. The smallest absolute Gasteiger partial charge is 0.230 e. The second-order valence-corrected chi connectivity index (χ2v) is 10.6. The maximum atomic E-state index is 13.8. The van der Waals surface area contributed by atoms with Crippen molar-refractivity contribution in [3.8, 4) is 0 Å². The minimum atomic E-state index is -0.0410. The Balaban J connectivity index is 1.28. The molecule has 7 nitrogen and oxygen atoms in total. The van der Waals surface area contributed by atoms with Crippen molar-refractivity contribution in [3.63, 3.8) is 0 Å². The Kier molecular flexibility index (Phi) is 6.14. The third kappa shape index (κ3) is 4.40. The summed E-state index contributed by atoms with van der Waals surface area (Å²) in [7, 11) is 1.78. The standard InChI is InChI=1S/C28H36N4O3/c1-34-23-17-28(35-19-23)11-14-31(15-12-28)22-9-10-24-25(16-22)32(27(33)20-6-3-2-4-7-20)18-21-8-5-13-29-26(21)30-24/h5,8-10,13,16,20,23H,2-4,6-7,11-12,14-15,17-19H2,1H3,(H,29,30). The van der Waals surface area contributed by atoms with E-state index in [0.717, 1.165) is 80.8 Å². The summed E-state index contributed by atoms with van der Waals surface area (Å²) in [6.45, 7) is 3.15. The van der Waals surface area contributed by atoms with Gasteiger partial charge in [-0.05, 0) is 49.9 Å². The number of methoxy groups -OCH3 is 1. The van der Waals surface area contributed by atoms with Crippen LogP contribution in [0.5, 0.6) is 0 Å². The van der Waals surface area contributed by atoms with E-state index < -0.39 is 0 Å². The number of pyridine rings is 1. The molecular weight excluding hydrogens is 440 g/mol. The topological polar surface area (TPSA) is 66.9 Å². The maximum Gasteiger partial charge on any atom is 0.230 e. The second kappa shape index (κ2) is 9.43. The van der Waals surface area contributed by atoms with Gasteiger partial charge in [0.2, 0.25) is 5.91 Å². The molecule has 0 radical (unpaired) electrons. The average Bonchev–Trinajstić information content (AvgIpc) is 3.23. The highest BCUT2D eigenvalue weighted by atomic mass is 16.6. The lowest BCUT2D eigenvalue weighted by Crippen LogP contribution is -2.44. The number of aromatic nitrogens is 1. The number of nitrogens with zero attached hydrogens (tertiary/aromatic N) is 3. The molecule has 1 amide bonds. The summed E-state index contributed by atoms with van der Waals surface area (Å²) < 4.78 is 11.8. The number of carbonyl (C=O) groups is 1. The lowest BCUT2D eigenvalue weighted by molar-refractivity contribution is -0.123. The van der Waals surface area contributed by atoms with Crippen molar-refractivity contribution in [1.29, 1.82) is 0 Å². The van der Waals surface area contributed by atoms with Gasteiger partial charge >= 0.3 is 0 Å². The van der Waals surface area contributed by atoms with Gasteiger partial charge < -0.3 is 24.6 Å². The van der Waals surface area contributed by atoms with E-state index >= 15 is 0 Å². The maximum absolute atomic E-state index is 13.8. The Morgan fingerprint density at radius 1 is 1.17 bits per heavy atom. The Bertz CT molecular complexity index is 1080. The molecule has 1 atom stereocenters. The molecule has 1 aromatic carbocycles. The molecule has 2 aromatic rings. The van der Waals surface area contributed by atoms with Crippen LogP contribution in [0.15, 0.2) is 36.5 Å². The summed E-state index contributed by atoms with van der Waals surface area (Å²) in [4.78, 5) is 22.9. The number of anilines is 4. The van der Waals surface area contributed by atoms with Gasteiger partial charge in [0.25, 0.3) is 0 Å². The number of ether oxygens (including phenoxy) is 2. The second-order valence-electron chi connectivity index (χ2n) is 10.6. The fourth-order valence-corrected chi connectivity index (χ4v) is 6.35. The number of rotatable bonds is 3. The molecular formula is C28H36N4O3. The van der Waals surface area contributed by atoms with Crippen LogP contribution in [0.1, 0.15) is 56.9 Å². The monoisotopic (exact) mass is 476 g/mol. The van der Waals surface area contributed by atoms with Crippen LogP contribution in [0.3, 0.4) is 0 Å². The van der Waals surface area contributed by atoms with Crippen molar-refractivity contribution < 1.29 is 14.3 Å². The van der Waals surface area contributed by atoms with Crippen LogP contribution in [-0.2, 0) is 20.8 Å². The van der Waals surface area contributed by atoms with Crippen molar-refractivity contribution in [1.82, 2.24) is 4.98 Å². The summed E-state index contributed by atoms with van der Waals surface area (Å²) in [5.74, 6) is 1.21. The highest BCUT2D eigenvalue weighted by Crippen LogP contribution is 2.42. The normalized spacial score (nSPS) is 24.0. The third-order valence-corrected chi connectivity index (χ3v) is 8.51. The van der Waals surface area contributed by atoms with E-state index in [2.05, 4.69) is 39.5 Å². The SMILES string of the molecule is COC1COC2(CCN(c3ccc4c(c3)N(C(=O)C3CCCCC3)Cc3cccnc3N4)CC2)C1. The first-order chi connectivity index (χ1) is 17.1. The van der Waals surface area contributed by atoms with Crippen LogP contribution in [0.2, 0.25) is 0 Å². The fraction of sp³-hybridized carbons (Fsp3) is 0.571. The first-order valence-electron chi connectivity index (χ1n) is 13.2. The molecule has 35 heavy (non-hydrogen) atoms. The van der Waals surface area contributed by atoms with E-state index in [-0.39, 0.29) is 23.5 Å². The van der Waals surface area contributed by atoms with Gasteiger partial charge in [-0.3, -0.25) is 4.79 Å². The number of carbonyl (C=O) groups excluding carboxylic acids is 1. The van der Waals surface area contributed by atoms with Crippen LogP contribution < -0.4 is 15.1 Å². The molecule has 2 saturated heterocycles. The number of hydrogen-bond donors (Lipinski definition) is 1. The molecule has 6 rings (SSSR count). The lowest BCUT2D eigenvalue weighted by Gasteiger charge is -2.40. The number of benzene rings is 1. The lowest BCUT2D eigenvalue weighted by atomic mass is 9.87. The van der Waals surface area contributed by atoms with Crippen molar-refractivity contribution in [2.45, 2.75) is 69.6 Å². The minimum absolute atomic E-state index is 0.0410. The van der Waals surface area contributed by atoms with Gasteiger partial charge in [-0.15, -0.1) is 0 Å². The zero-order chi connectivity index (χ0) is 23.8. The zero-order valence-corrected chi connectivity index (χ0v) is 20.7. The molecule has 1 saturated carbocycles. The number of nitrogens with one attached hydrogen (secondary N) is 1. The minimum Gasteiger partial charge on any atom is -0.379 e. The summed E-state index contributed by atoms with van der Waals surface area (Å²) in [6, 6.07) is 10.5. The highest BCUT2D eigenvalue weighted by molar-refractivity contribution is 6.00. The van der Waals surface area contributed by atoms with Crippen LogP contribution in [0, 0.1) is 5.92 Å². The largest absolute Gasteiger partial charge is 0.379 e. The van der Waals surface area contributed by atoms with E-state index in [9.17, 15) is 4.79 Å². The molecule has 4 aliphatic rings. The van der Waals surface area contributed by atoms with Crippen molar-refractivity contribution in [2.75, 3.05) is 41.9 Å². The van der Waals surface area contributed by atoms with Crippen molar-refractivity contribution in [3.05, 3.63) is 42.1 Å². The fourth-order valence-electron chi connectivity index (χ4n) is 6.35. The van der Waals surface area contributed by atoms with Gasteiger partial charge in [-0.2, -0.15) is 0 Å². The van der Waals surface area contributed by atoms with Gasteiger partial charge in [-0.1, -0.05) is 25.3 Å². The molecule has 3 aliphatic heterocycles. The van der Waals surface area contributed by atoms with Crippen LogP contribution >= 0.6 is 0 Å². The third-order valence-electron chi connectivity index (χ3n) is 8.51. The van der Waals surface area contributed by atoms with Crippen molar-refractivity contribution >= 4 is 28.8 Å². The van der Waals surface area contributed by atoms with E-state index in [0.29, 0.717) is 13.2 Å². The number of fused-ring (bicyclic) bond motifs is 2. The van der Waals surface area contributed by atoms with Crippen LogP contribution in [0.4, 0.5) is 22.9 Å². The summed E-state index contributed by atoms with van der Waals surface area (Å²) in [5, 5.41) is 3.51. The Morgan fingerprint density at radius 3 is 2.77 bits per heavy atom. The van der Waals surface area contributed by atoms with Crippen molar-refractivity contribution in [2.24, 2.45) is 5.92 Å². The molecule has 1 spiro atoms. The quantitative estimate of drug-likeness (QED) is 0.671. The van der Waals surface area contributed by atoms with Crippen LogP contribution in [0.25, 0.3) is 0 Å². The number of hydrogen-bond acceptors (Lipinski definition) is 6. The molecule has 7 heteroatoms. The zero-order valence-electron chi connectivity index (χ0n) is 20.7. The Hall–Kier alpha value is -2.64. The highest BCUT2D eigenvalue weighted by Gasteiger charge is 2.43. The van der Waals surface area contributed by atoms with Gasteiger partial charge in [0.05, 0.1) is 36.2 Å². The predicted octanol–water partition coefficient (Wildman–Crippen LogP) is 5.03. The molecule has 0 bridgehead atoms. The first kappa shape index (κ1) is 22.8. The van der Waals surface area contributed by atoms with Crippen LogP contribution in [-0.4, -0.2) is 49.4 Å². The van der Waals surface area contributed by atoms with E-state index in [1.54, 1.807) is 13.3 Å². The number of amides is 1. The Labute approximate surface area is 207 Å². The summed E-state index contributed by atoms with van der Waals surface area (Å²) in [6.07, 6.45) is 10.5. The molecule has 186 valence electrons. The summed E-state index contributed by atoms with van der Waals surface area (Å²) >= 11 is 0. The summed E-state index contributed by atoms with van der Waals surface area (Å²) in [5.41, 5.74) is 4.10. The first-order valence-corrected chi connectivity index (χ1v) is 13.2. The van der Waals surface area contributed by atoms with E-state index in [1.807, 2.05) is 11.0 Å². The van der Waals surface area contributed by atoms with E-state index in [1.165, 1.54) is 12.1 Å². The average molecular weight is 477 g/mol. The van der Waals surface area contributed by atoms with Gasteiger partial charge in [0.1, 0.15) is 5.82 Å². The Morgan fingerprint density at radius 2 is 2.00 bits per heavy atom. The predicted molar refractivity (Wildman–Crippen MR) is 137 cm³/mol. The van der Waals surface area contributed by atoms with E-state index in [4.69, 9.17) is 9.47 Å². The van der Waals surface area contributed by atoms with Gasteiger partial charge in [0, 0.05) is 50.0 Å². The molecule has 1 unspecified atom stereocenters. The molecule has 1 N–H and O–H groups in total. The molecule has 3 fully saturated rings. The van der Waals surface area contributed by atoms with Gasteiger partial charge in [0.15, 0.2) is 0 Å². The molecule has 1 aromatic heterocycles. The van der Waals surface area contributed by atoms with Gasteiger partial charge in [-0.25, -0.2) is 4.98 Å².